The molecule has 64 valence electrons. The number of hydrogen-bond donors (Lipinski definition) is 1. The SMILES string of the molecule is O=C1C=C(CO)C(=O)C(Cl)=C1Br. The fourth-order valence-electron chi connectivity index (χ4n) is 0.753. The van der Waals surface area contributed by atoms with Crippen LogP contribution in [-0.4, -0.2) is 23.3 Å². The average Bonchev–Trinajstić information content (AvgIpc) is 2.08. The Balaban J connectivity index is 3.13. The van der Waals surface area contributed by atoms with Crippen molar-refractivity contribution < 1.29 is 14.7 Å². The molecule has 0 radical (unpaired) electrons. The monoisotopic (exact) mass is 250 g/mol. The molecule has 1 aliphatic carbocycles. The number of allylic oxidation sites excluding steroid dienone is 3. The second-order valence-corrected chi connectivity index (χ2v) is 3.32. The van der Waals surface area contributed by atoms with Crippen molar-refractivity contribution in [1.82, 2.24) is 0 Å². The normalized spacial score (nSPS) is 18.4. The minimum absolute atomic E-state index is 0.0215. The summed E-state index contributed by atoms with van der Waals surface area (Å²) in [5.74, 6) is -0.908. The van der Waals surface area contributed by atoms with E-state index >= 15 is 0 Å². The van der Waals surface area contributed by atoms with Gasteiger partial charge in [-0.05, 0) is 22.0 Å². The molecule has 1 aliphatic rings. The van der Waals surface area contributed by atoms with Crippen LogP contribution >= 0.6 is 27.5 Å². The molecular weight excluding hydrogens is 247 g/mol. The van der Waals surface area contributed by atoms with Gasteiger partial charge in [0, 0.05) is 5.57 Å². The zero-order chi connectivity index (χ0) is 9.30. The summed E-state index contributed by atoms with van der Waals surface area (Å²) in [6.45, 7) is -0.471. The van der Waals surface area contributed by atoms with Gasteiger partial charge in [-0.2, -0.15) is 0 Å². The summed E-state index contributed by atoms with van der Waals surface area (Å²) >= 11 is 8.36. The Hall–Kier alpha value is -0.450. The second-order valence-electron chi connectivity index (χ2n) is 2.15. The molecule has 0 aromatic heterocycles. The van der Waals surface area contributed by atoms with Crippen LogP contribution in [0.2, 0.25) is 0 Å². The van der Waals surface area contributed by atoms with Gasteiger partial charge in [0.15, 0.2) is 5.78 Å². The number of carbonyl (C=O) groups is 2. The van der Waals surface area contributed by atoms with E-state index < -0.39 is 18.2 Å². The van der Waals surface area contributed by atoms with Crippen molar-refractivity contribution >= 4 is 39.1 Å². The highest BCUT2D eigenvalue weighted by molar-refractivity contribution is 9.12. The lowest BCUT2D eigenvalue weighted by Gasteiger charge is -2.08. The van der Waals surface area contributed by atoms with Gasteiger partial charge < -0.3 is 5.11 Å². The van der Waals surface area contributed by atoms with E-state index in [-0.39, 0.29) is 15.1 Å². The van der Waals surface area contributed by atoms with Crippen LogP contribution in [0.25, 0.3) is 0 Å². The second kappa shape index (κ2) is 3.51. The first kappa shape index (κ1) is 9.64. The van der Waals surface area contributed by atoms with Crippen molar-refractivity contribution in [3.63, 3.8) is 0 Å². The molecular formula is C7H4BrClO3. The summed E-state index contributed by atoms with van der Waals surface area (Å²) in [6, 6.07) is 0. The molecule has 0 aliphatic heterocycles. The molecule has 0 aromatic carbocycles. The number of halogens is 2. The first-order chi connectivity index (χ1) is 5.57. The molecule has 1 N–H and O–H groups in total. The molecule has 0 spiro atoms. The highest BCUT2D eigenvalue weighted by atomic mass is 79.9. The first-order valence-electron chi connectivity index (χ1n) is 3.03. The lowest BCUT2D eigenvalue weighted by molar-refractivity contribution is -0.115. The Kier molecular flexibility index (Phi) is 2.82. The quantitative estimate of drug-likeness (QED) is 0.705. The predicted octanol–water partition coefficient (Wildman–Crippen LogP) is 0.902. The summed E-state index contributed by atoms with van der Waals surface area (Å²) in [6.07, 6.45) is 1.07. The molecule has 0 unspecified atom stereocenters. The van der Waals surface area contributed by atoms with Crippen LogP contribution in [0.5, 0.6) is 0 Å². The number of aliphatic hydroxyl groups excluding tert-OH is 1. The zero-order valence-corrected chi connectivity index (χ0v) is 8.15. The van der Waals surface area contributed by atoms with Crippen LogP contribution in [0.1, 0.15) is 0 Å². The highest BCUT2D eigenvalue weighted by Crippen LogP contribution is 2.25. The third-order valence-electron chi connectivity index (χ3n) is 1.38. The first-order valence-corrected chi connectivity index (χ1v) is 4.20. The molecule has 0 saturated heterocycles. The maximum absolute atomic E-state index is 11.1. The average molecular weight is 251 g/mol. The number of ketones is 2. The summed E-state index contributed by atoms with van der Waals surface area (Å²) < 4.78 is 0.0476. The molecule has 12 heavy (non-hydrogen) atoms. The number of rotatable bonds is 1. The van der Waals surface area contributed by atoms with Crippen molar-refractivity contribution in [2.75, 3.05) is 6.61 Å². The minimum Gasteiger partial charge on any atom is -0.392 e. The zero-order valence-electron chi connectivity index (χ0n) is 5.80. The van der Waals surface area contributed by atoms with Gasteiger partial charge in [-0.1, -0.05) is 11.6 Å². The lowest BCUT2D eigenvalue weighted by Crippen LogP contribution is -2.16. The Morgan fingerprint density at radius 1 is 1.50 bits per heavy atom. The van der Waals surface area contributed by atoms with Gasteiger partial charge in [-0.25, -0.2) is 0 Å². The molecule has 0 heterocycles. The van der Waals surface area contributed by atoms with Crippen molar-refractivity contribution in [3.05, 3.63) is 21.2 Å². The van der Waals surface area contributed by atoms with Gasteiger partial charge in [0.05, 0.1) is 11.1 Å². The van der Waals surface area contributed by atoms with E-state index in [2.05, 4.69) is 15.9 Å². The van der Waals surface area contributed by atoms with Crippen LogP contribution < -0.4 is 0 Å². The molecule has 0 atom stereocenters. The fraction of sp³-hybridized carbons (Fsp3) is 0.143. The third-order valence-corrected chi connectivity index (χ3v) is 2.75. The summed E-state index contributed by atoms with van der Waals surface area (Å²) in [4.78, 5) is 22.1. The minimum atomic E-state index is -0.509. The van der Waals surface area contributed by atoms with E-state index in [0.717, 1.165) is 6.08 Å². The van der Waals surface area contributed by atoms with E-state index in [4.69, 9.17) is 16.7 Å². The molecule has 1 rings (SSSR count). The third kappa shape index (κ3) is 1.50. The number of hydrogen-bond acceptors (Lipinski definition) is 3. The molecule has 0 bridgehead atoms. The Bertz CT molecular complexity index is 317. The van der Waals surface area contributed by atoms with Crippen molar-refractivity contribution in [1.29, 1.82) is 0 Å². The van der Waals surface area contributed by atoms with Gasteiger partial charge in [-0.15, -0.1) is 0 Å². The smallest absolute Gasteiger partial charge is 0.204 e. The Labute approximate surface area is 81.8 Å². The summed E-state index contributed by atoms with van der Waals surface area (Å²) in [5, 5.41) is 8.47. The van der Waals surface area contributed by atoms with Gasteiger partial charge in [0.1, 0.15) is 5.03 Å². The number of carbonyl (C=O) groups excluding carboxylic acids is 2. The molecule has 0 aromatic rings. The van der Waals surface area contributed by atoms with E-state index in [9.17, 15) is 9.59 Å². The summed E-state index contributed by atoms with van der Waals surface area (Å²) in [7, 11) is 0. The van der Waals surface area contributed by atoms with E-state index in [1.54, 1.807) is 0 Å². The van der Waals surface area contributed by atoms with Crippen molar-refractivity contribution in [2.24, 2.45) is 0 Å². The van der Waals surface area contributed by atoms with Gasteiger partial charge in [0.2, 0.25) is 5.78 Å². The molecule has 5 heteroatoms. The van der Waals surface area contributed by atoms with Crippen molar-refractivity contribution in [3.8, 4) is 0 Å². The van der Waals surface area contributed by atoms with Gasteiger partial charge in [0.25, 0.3) is 0 Å². The van der Waals surface area contributed by atoms with Crippen LogP contribution in [0.4, 0.5) is 0 Å². The predicted molar refractivity (Wildman–Crippen MR) is 47.0 cm³/mol. The number of aliphatic hydroxyl groups is 1. The Morgan fingerprint density at radius 3 is 2.58 bits per heavy atom. The largest absolute Gasteiger partial charge is 0.392 e. The van der Waals surface area contributed by atoms with Crippen LogP contribution in [0.3, 0.4) is 0 Å². The molecule has 3 nitrogen and oxygen atoms in total. The molecule has 0 amide bonds. The van der Waals surface area contributed by atoms with Gasteiger partial charge in [-0.3, -0.25) is 9.59 Å². The van der Waals surface area contributed by atoms with Crippen LogP contribution in [-0.2, 0) is 9.59 Å². The van der Waals surface area contributed by atoms with Crippen LogP contribution in [0.15, 0.2) is 21.2 Å². The lowest BCUT2D eigenvalue weighted by atomic mass is 10.0. The van der Waals surface area contributed by atoms with E-state index in [1.807, 2.05) is 0 Å². The highest BCUT2D eigenvalue weighted by Gasteiger charge is 2.24. The summed E-state index contributed by atoms with van der Waals surface area (Å²) in [5.41, 5.74) is 0.0215. The fourth-order valence-corrected chi connectivity index (χ4v) is 1.26. The number of Topliss-reactive ketones (excluding diaryl/α,β-unsaturated/α-hetero) is 1. The van der Waals surface area contributed by atoms with Crippen LogP contribution in [0, 0.1) is 0 Å². The van der Waals surface area contributed by atoms with E-state index in [1.165, 1.54) is 0 Å². The standard InChI is InChI=1S/C7H4BrClO3/c8-5-4(11)1-3(2-10)7(12)6(5)9/h1,10H,2H2. The Morgan fingerprint density at radius 2 is 2.08 bits per heavy atom. The maximum atomic E-state index is 11.1. The van der Waals surface area contributed by atoms with E-state index in [0.29, 0.717) is 0 Å². The maximum Gasteiger partial charge on any atom is 0.204 e. The van der Waals surface area contributed by atoms with Gasteiger partial charge >= 0.3 is 0 Å². The topological polar surface area (TPSA) is 54.4 Å². The molecule has 0 fully saturated rings. The van der Waals surface area contributed by atoms with Crippen molar-refractivity contribution in [2.45, 2.75) is 0 Å². The molecule has 0 saturated carbocycles.